The summed E-state index contributed by atoms with van der Waals surface area (Å²) in [4.78, 5) is 16.2. The molecule has 3 heterocycles. The topological polar surface area (TPSA) is 41.9 Å². The van der Waals surface area contributed by atoms with Crippen LogP contribution in [-0.2, 0) is 19.4 Å². The third-order valence-corrected chi connectivity index (χ3v) is 4.22. The third-order valence-electron chi connectivity index (χ3n) is 4.22. The molecule has 0 fully saturated rings. The van der Waals surface area contributed by atoms with Gasteiger partial charge in [-0.1, -0.05) is 25.1 Å². The van der Waals surface area contributed by atoms with E-state index in [1.165, 1.54) is 10.9 Å². The Hall–Kier alpha value is -2.49. The zero-order valence-corrected chi connectivity index (χ0v) is 12.7. The number of pyridine rings is 1. The van der Waals surface area contributed by atoms with Crippen molar-refractivity contribution >= 4 is 16.7 Å². The van der Waals surface area contributed by atoms with Crippen LogP contribution in [0.5, 0.6) is 0 Å². The van der Waals surface area contributed by atoms with Crippen molar-refractivity contribution in [2.75, 3.05) is 11.4 Å². The number of anilines is 1. The van der Waals surface area contributed by atoms with E-state index in [1.54, 1.807) is 0 Å². The summed E-state index contributed by atoms with van der Waals surface area (Å²) < 4.78 is 0. The normalized spacial score (nSPS) is 14.1. The smallest absolute Gasteiger partial charge is 0.129 e. The molecule has 4 heteroatoms. The minimum absolute atomic E-state index is 0.816. The Balaban J connectivity index is 1.67. The summed E-state index contributed by atoms with van der Waals surface area (Å²) in [6, 6.07) is 12.5. The summed E-state index contributed by atoms with van der Waals surface area (Å²) in [5, 5.41) is 1.18. The highest BCUT2D eigenvalue weighted by atomic mass is 15.2. The molecule has 0 saturated heterocycles. The molecule has 1 aliphatic heterocycles. The molecule has 0 spiro atoms. The quantitative estimate of drug-likeness (QED) is 0.727. The standard InChI is InChI=1S/C18H18N4/c1-2-17-19-11-14-9-10-22(12-16(14)20-17)18-8-7-13-5-3-4-6-15(13)21-18/h3-8,11H,2,9-10,12H2,1H3. The Morgan fingerprint density at radius 1 is 1.09 bits per heavy atom. The summed E-state index contributed by atoms with van der Waals surface area (Å²) >= 11 is 0. The van der Waals surface area contributed by atoms with E-state index in [0.717, 1.165) is 48.8 Å². The van der Waals surface area contributed by atoms with E-state index in [0.29, 0.717) is 0 Å². The van der Waals surface area contributed by atoms with Gasteiger partial charge in [-0.15, -0.1) is 0 Å². The second kappa shape index (κ2) is 5.37. The van der Waals surface area contributed by atoms with Crippen molar-refractivity contribution in [2.45, 2.75) is 26.3 Å². The molecule has 0 saturated carbocycles. The number of para-hydroxylation sites is 1. The molecule has 0 aliphatic carbocycles. The van der Waals surface area contributed by atoms with Crippen molar-refractivity contribution in [2.24, 2.45) is 0 Å². The van der Waals surface area contributed by atoms with Crippen molar-refractivity contribution in [3.8, 4) is 0 Å². The van der Waals surface area contributed by atoms with Crippen LogP contribution in [-0.4, -0.2) is 21.5 Å². The van der Waals surface area contributed by atoms with Gasteiger partial charge in [0.25, 0.3) is 0 Å². The first kappa shape index (κ1) is 13.2. The monoisotopic (exact) mass is 290 g/mol. The molecule has 0 atom stereocenters. The molecule has 3 aromatic rings. The van der Waals surface area contributed by atoms with E-state index in [9.17, 15) is 0 Å². The molecule has 1 aliphatic rings. The number of aromatic nitrogens is 3. The largest absolute Gasteiger partial charge is 0.350 e. The lowest BCUT2D eigenvalue weighted by Gasteiger charge is -2.29. The number of rotatable bonds is 2. The number of benzene rings is 1. The first-order chi connectivity index (χ1) is 10.8. The van der Waals surface area contributed by atoms with Gasteiger partial charge >= 0.3 is 0 Å². The van der Waals surface area contributed by atoms with Gasteiger partial charge in [0.05, 0.1) is 17.8 Å². The van der Waals surface area contributed by atoms with E-state index in [1.807, 2.05) is 18.3 Å². The van der Waals surface area contributed by atoms with Gasteiger partial charge < -0.3 is 4.90 Å². The zero-order valence-electron chi connectivity index (χ0n) is 12.7. The third kappa shape index (κ3) is 2.30. The van der Waals surface area contributed by atoms with Gasteiger partial charge in [-0.3, -0.25) is 0 Å². The van der Waals surface area contributed by atoms with Crippen LogP contribution in [0.1, 0.15) is 24.0 Å². The van der Waals surface area contributed by atoms with Gasteiger partial charge in [0.2, 0.25) is 0 Å². The lowest BCUT2D eigenvalue weighted by Crippen LogP contribution is -2.32. The predicted molar refractivity (Wildman–Crippen MR) is 87.9 cm³/mol. The van der Waals surface area contributed by atoms with Gasteiger partial charge in [0.15, 0.2) is 0 Å². The molecule has 0 bridgehead atoms. The number of aryl methyl sites for hydroxylation is 1. The molecule has 0 radical (unpaired) electrons. The lowest BCUT2D eigenvalue weighted by molar-refractivity contribution is 0.686. The Kier molecular flexibility index (Phi) is 3.22. The minimum Gasteiger partial charge on any atom is -0.350 e. The number of fused-ring (bicyclic) bond motifs is 2. The molecule has 2 aromatic heterocycles. The zero-order chi connectivity index (χ0) is 14.9. The lowest BCUT2D eigenvalue weighted by atomic mass is 10.1. The van der Waals surface area contributed by atoms with Crippen molar-refractivity contribution in [1.29, 1.82) is 0 Å². The summed E-state index contributed by atoms with van der Waals surface area (Å²) in [5.74, 6) is 1.95. The average Bonchev–Trinajstić information content (AvgIpc) is 2.60. The molecular weight excluding hydrogens is 272 g/mol. The first-order valence-electron chi connectivity index (χ1n) is 7.78. The average molecular weight is 290 g/mol. The second-order valence-electron chi connectivity index (χ2n) is 5.65. The highest BCUT2D eigenvalue weighted by molar-refractivity contribution is 5.80. The maximum atomic E-state index is 4.80. The maximum Gasteiger partial charge on any atom is 0.129 e. The van der Waals surface area contributed by atoms with Crippen molar-refractivity contribution in [3.05, 3.63) is 59.7 Å². The molecule has 4 rings (SSSR count). The number of nitrogens with zero attached hydrogens (tertiary/aromatic N) is 4. The van der Waals surface area contributed by atoms with Crippen LogP contribution in [0.25, 0.3) is 10.9 Å². The predicted octanol–water partition coefficient (Wildman–Crippen LogP) is 3.15. The van der Waals surface area contributed by atoms with Crippen LogP contribution in [0, 0.1) is 0 Å². The SMILES string of the molecule is CCc1ncc2c(n1)CN(c1ccc3ccccc3n1)CC2. The van der Waals surface area contributed by atoms with Crippen LogP contribution in [0.15, 0.2) is 42.6 Å². The fraction of sp³-hybridized carbons (Fsp3) is 0.278. The highest BCUT2D eigenvalue weighted by Crippen LogP contribution is 2.23. The van der Waals surface area contributed by atoms with E-state index >= 15 is 0 Å². The van der Waals surface area contributed by atoms with Crippen LogP contribution >= 0.6 is 0 Å². The molecule has 110 valence electrons. The summed E-state index contributed by atoms with van der Waals surface area (Å²) in [5.41, 5.74) is 3.46. The minimum atomic E-state index is 0.816. The van der Waals surface area contributed by atoms with E-state index < -0.39 is 0 Å². The van der Waals surface area contributed by atoms with Crippen LogP contribution in [0.2, 0.25) is 0 Å². The van der Waals surface area contributed by atoms with Gasteiger partial charge in [0, 0.05) is 24.5 Å². The number of hydrogen-bond donors (Lipinski definition) is 0. The molecule has 0 N–H and O–H groups in total. The summed E-state index contributed by atoms with van der Waals surface area (Å²) in [6.07, 6.45) is 3.85. The Morgan fingerprint density at radius 3 is 2.91 bits per heavy atom. The van der Waals surface area contributed by atoms with Crippen molar-refractivity contribution in [3.63, 3.8) is 0 Å². The molecule has 1 aromatic carbocycles. The van der Waals surface area contributed by atoms with Crippen LogP contribution in [0.3, 0.4) is 0 Å². The van der Waals surface area contributed by atoms with Gasteiger partial charge in [0.1, 0.15) is 11.6 Å². The van der Waals surface area contributed by atoms with Crippen LogP contribution in [0.4, 0.5) is 5.82 Å². The van der Waals surface area contributed by atoms with Crippen molar-refractivity contribution in [1.82, 2.24) is 15.0 Å². The van der Waals surface area contributed by atoms with Crippen molar-refractivity contribution < 1.29 is 0 Å². The van der Waals surface area contributed by atoms with Gasteiger partial charge in [-0.05, 0) is 30.2 Å². The van der Waals surface area contributed by atoms with E-state index in [-0.39, 0.29) is 0 Å². The maximum absolute atomic E-state index is 4.80. The van der Waals surface area contributed by atoms with Gasteiger partial charge in [-0.25, -0.2) is 15.0 Å². The fourth-order valence-corrected chi connectivity index (χ4v) is 2.94. The van der Waals surface area contributed by atoms with Crippen LogP contribution < -0.4 is 4.90 Å². The second-order valence-corrected chi connectivity index (χ2v) is 5.65. The Morgan fingerprint density at radius 2 is 2.00 bits per heavy atom. The molecule has 0 amide bonds. The van der Waals surface area contributed by atoms with Gasteiger partial charge in [-0.2, -0.15) is 0 Å². The van der Waals surface area contributed by atoms with E-state index in [4.69, 9.17) is 4.98 Å². The summed E-state index contributed by atoms with van der Waals surface area (Å²) in [7, 11) is 0. The Labute approximate surface area is 129 Å². The molecular formula is C18H18N4. The molecule has 4 nitrogen and oxygen atoms in total. The summed E-state index contributed by atoms with van der Waals surface area (Å²) in [6.45, 7) is 3.87. The van der Waals surface area contributed by atoms with E-state index in [2.05, 4.69) is 46.1 Å². The first-order valence-corrected chi connectivity index (χ1v) is 7.78. The highest BCUT2D eigenvalue weighted by Gasteiger charge is 2.19. The molecule has 22 heavy (non-hydrogen) atoms. The number of hydrogen-bond acceptors (Lipinski definition) is 4. The Bertz CT molecular complexity index is 828. The fourth-order valence-electron chi connectivity index (χ4n) is 2.94. The molecule has 0 unspecified atom stereocenters.